The van der Waals surface area contributed by atoms with Crippen molar-refractivity contribution in [2.75, 3.05) is 6.54 Å². The predicted molar refractivity (Wildman–Crippen MR) is 82.9 cm³/mol. The minimum absolute atomic E-state index is 0.00938. The Balaban J connectivity index is 2.02. The molecule has 20 heavy (non-hydrogen) atoms. The van der Waals surface area contributed by atoms with E-state index in [1.807, 2.05) is 19.1 Å². The highest BCUT2D eigenvalue weighted by Gasteiger charge is 2.09. The third kappa shape index (κ3) is 4.37. The maximum Gasteiger partial charge on any atom is 0.100 e. The van der Waals surface area contributed by atoms with Crippen LogP contribution in [0.15, 0.2) is 60.1 Å². The van der Waals surface area contributed by atoms with Crippen molar-refractivity contribution >= 4 is 0 Å². The molecule has 0 amide bonds. The summed E-state index contributed by atoms with van der Waals surface area (Å²) in [5.41, 5.74) is 3.87. The van der Waals surface area contributed by atoms with Crippen LogP contribution in [0.25, 0.3) is 0 Å². The molecule has 0 spiro atoms. The van der Waals surface area contributed by atoms with Gasteiger partial charge in [-0.1, -0.05) is 47.6 Å². The van der Waals surface area contributed by atoms with E-state index in [1.165, 1.54) is 16.7 Å². The normalized spacial score (nSPS) is 15.2. The highest BCUT2D eigenvalue weighted by Crippen LogP contribution is 2.20. The van der Waals surface area contributed by atoms with Crippen molar-refractivity contribution in [3.63, 3.8) is 0 Å². The second-order valence-corrected chi connectivity index (χ2v) is 5.31. The summed E-state index contributed by atoms with van der Waals surface area (Å²) in [5, 5.41) is 0. The number of aryl methyl sites for hydroxylation is 1. The summed E-state index contributed by atoms with van der Waals surface area (Å²) in [6.07, 6.45) is 9.04. The maximum absolute atomic E-state index is 13.0. The Morgan fingerprint density at radius 1 is 1.10 bits per heavy atom. The van der Waals surface area contributed by atoms with Crippen LogP contribution in [0.4, 0.5) is 4.39 Å². The van der Waals surface area contributed by atoms with Crippen molar-refractivity contribution in [1.82, 2.24) is 4.90 Å². The van der Waals surface area contributed by atoms with Crippen molar-refractivity contribution in [1.29, 1.82) is 0 Å². The molecular weight excluding hydrogens is 249 g/mol. The first-order valence-electron chi connectivity index (χ1n) is 7.14. The van der Waals surface area contributed by atoms with Crippen LogP contribution in [-0.4, -0.2) is 11.4 Å². The van der Waals surface area contributed by atoms with Crippen molar-refractivity contribution in [2.45, 2.75) is 33.2 Å². The molecule has 2 rings (SSSR count). The summed E-state index contributed by atoms with van der Waals surface area (Å²) in [4.78, 5) is 2.27. The zero-order valence-electron chi connectivity index (χ0n) is 12.3. The zero-order chi connectivity index (χ0) is 14.4. The summed E-state index contributed by atoms with van der Waals surface area (Å²) in [6.45, 7) is 5.87. The van der Waals surface area contributed by atoms with Gasteiger partial charge in [-0.05, 0) is 38.1 Å². The number of hydrogen-bond donors (Lipinski definition) is 0. The summed E-state index contributed by atoms with van der Waals surface area (Å²) < 4.78 is 13.0. The number of rotatable bonds is 5. The van der Waals surface area contributed by atoms with E-state index in [9.17, 15) is 4.39 Å². The average Bonchev–Trinajstić information content (AvgIpc) is 2.44. The fraction of sp³-hybridized carbons (Fsp3) is 0.333. The van der Waals surface area contributed by atoms with Crippen LogP contribution in [0.1, 0.15) is 30.9 Å². The largest absolute Gasteiger partial charge is 0.369 e. The van der Waals surface area contributed by atoms with Gasteiger partial charge in [-0.15, -0.1) is 0 Å². The fourth-order valence-corrected chi connectivity index (χ4v) is 2.35. The molecule has 0 unspecified atom stereocenters. The minimum atomic E-state index is -0.00938. The monoisotopic (exact) mass is 271 g/mol. The van der Waals surface area contributed by atoms with E-state index < -0.39 is 0 Å². The molecule has 1 aromatic rings. The Morgan fingerprint density at radius 2 is 1.85 bits per heavy atom. The molecule has 2 heteroatoms. The Morgan fingerprint density at radius 3 is 2.45 bits per heavy atom. The highest BCUT2D eigenvalue weighted by molar-refractivity contribution is 5.24. The Kier molecular flexibility index (Phi) is 5.16. The molecule has 1 aliphatic carbocycles. The van der Waals surface area contributed by atoms with Crippen LogP contribution in [-0.2, 0) is 6.54 Å². The van der Waals surface area contributed by atoms with E-state index >= 15 is 0 Å². The summed E-state index contributed by atoms with van der Waals surface area (Å²) in [7, 11) is 0. The van der Waals surface area contributed by atoms with Crippen molar-refractivity contribution in [3.05, 3.63) is 71.2 Å². The molecule has 0 aliphatic heterocycles. The molecule has 0 saturated carbocycles. The molecule has 0 fully saturated rings. The smallest absolute Gasteiger partial charge is 0.100 e. The summed E-state index contributed by atoms with van der Waals surface area (Å²) in [6, 6.07) is 8.61. The van der Waals surface area contributed by atoms with Crippen LogP contribution < -0.4 is 0 Å². The molecule has 0 N–H and O–H groups in total. The van der Waals surface area contributed by atoms with Gasteiger partial charge in [0.1, 0.15) is 5.83 Å². The van der Waals surface area contributed by atoms with E-state index in [4.69, 9.17) is 0 Å². The van der Waals surface area contributed by atoms with Gasteiger partial charge in [-0.3, -0.25) is 0 Å². The second-order valence-electron chi connectivity index (χ2n) is 5.31. The van der Waals surface area contributed by atoms with Crippen LogP contribution in [0.2, 0.25) is 0 Å². The molecule has 0 bridgehead atoms. The highest BCUT2D eigenvalue weighted by atomic mass is 19.1. The number of hydrogen-bond acceptors (Lipinski definition) is 1. The van der Waals surface area contributed by atoms with E-state index in [0.717, 1.165) is 19.5 Å². The number of allylic oxidation sites excluding steroid dienone is 4. The Bertz CT molecular complexity index is 523. The zero-order valence-corrected chi connectivity index (χ0v) is 12.3. The molecule has 106 valence electrons. The molecule has 0 radical (unpaired) electrons. The van der Waals surface area contributed by atoms with E-state index in [0.29, 0.717) is 6.42 Å². The fourth-order valence-electron chi connectivity index (χ4n) is 2.35. The van der Waals surface area contributed by atoms with Crippen molar-refractivity contribution < 1.29 is 4.39 Å². The predicted octanol–water partition coefficient (Wildman–Crippen LogP) is 4.90. The molecule has 1 aliphatic rings. The van der Waals surface area contributed by atoms with Crippen molar-refractivity contribution in [2.24, 2.45) is 0 Å². The van der Waals surface area contributed by atoms with Crippen LogP contribution in [0, 0.1) is 6.92 Å². The molecule has 0 heterocycles. The van der Waals surface area contributed by atoms with Gasteiger partial charge in [-0.2, -0.15) is 0 Å². The summed E-state index contributed by atoms with van der Waals surface area (Å²) >= 11 is 0. The molecule has 1 nitrogen and oxygen atoms in total. The lowest BCUT2D eigenvalue weighted by Crippen LogP contribution is -2.20. The Labute approximate surface area is 121 Å². The van der Waals surface area contributed by atoms with E-state index in [2.05, 4.69) is 42.3 Å². The van der Waals surface area contributed by atoms with Gasteiger partial charge < -0.3 is 4.90 Å². The Hall–Kier alpha value is -1.83. The van der Waals surface area contributed by atoms with Gasteiger partial charge in [-0.25, -0.2) is 4.39 Å². The molecule has 1 aromatic carbocycles. The van der Waals surface area contributed by atoms with Gasteiger partial charge in [0.2, 0.25) is 0 Å². The first-order valence-corrected chi connectivity index (χ1v) is 7.14. The van der Waals surface area contributed by atoms with E-state index in [1.54, 1.807) is 6.08 Å². The number of nitrogens with zero attached hydrogens (tertiary/aromatic N) is 1. The van der Waals surface area contributed by atoms with Gasteiger partial charge in [0.15, 0.2) is 0 Å². The second kappa shape index (κ2) is 7.09. The SMILES string of the molecule is CC=CN(CC1=CC=C(F)CC1)Cc1ccc(C)cc1. The first-order chi connectivity index (χ1) is 9.67. The summed E-state index contributed by atoms with van der Waals surface area (Å²) in [5.74, 6) is -0.00938. The van der Waals surface area contributed by atoms with Crippen LogP contribution in [0.5, 0.6) is 0 Å². The lowest BCUT2D eigenvalue weighted by Gasteiger charge is -2.23. The first kappa shape index (κ1) is 14.6. The topological polar surface area (TPSA) is 3.24 Å². The third-order valence-electron chi connectivity index (χ3n) is 3.46. The van der Waals surface area contributed by atoms with Gasteiger partial charge in [0.25, 0.3) is 0 Å². The average molecular weight is 271 g/mol. The molecule has 0 saturated heterocycles. The number of halogens is 1. The maximum atomic E-state index is 13.0. The van der Waals surface area contributed by atoms with Crippen LogP contribution >= 0.6 is 0 Å². The quantitative estimate of drug-likeness (QED) is 0.736. The third-order valence-corrected chi connectivity index (χ3v) is 3.46. The molecular formula is C18H22FN. The van der Waals surface area contributed by atoms with Crippen molar-refractivity contribution in [3.8, 4) is 0 Å². The number of benzene rings is 1. The molecule has 0 atom stereocenters. The van der Waals surface area contributed by atoms with Gasteiger partial charge >= 0.3 is 0 Å². The molecule has 0 aromatic heterocycles. The standard InChI is InChI=1S/C18H22FN/c1-3-12-20(13-16-6-4-15(2)5-7-16)14-17-8-10-18(19)11-9-17/h3-8,10,12H,9,11,13-14H2,1-2H3. The van der Waals surface area contributed by atoms with Crippen LogP contribution in [0.3, 0.4) is 0 Å². The lowest BCUT2D eigenvalue weighted by atomic mass is 10.0. The van der Waals surface area contributed by atoms with Gasteiger partial charge in [0.05, 0.1) is 0 Å². The van der Waals surface area contributed by atoms with E-state index in [-0.39, 0.29) is 5.83 Å². The van der Waals surface area contributed by atoms with Gasteiger partial charge in [0, 0.05) is 19.5 Å². The minimum Gasteiger partial charge on any atom is -0.369 e. The lowest BCUT2D eigenvalue weighted by molar-refractivity contribution is 0.392.